The van der Waals surface area contributed by atoms with Gasteiger partial charge in [0.15, 0.2) is 0 Å². The van der Waals surface area contributed by atoms with Crippen molar-refractivity contribution < 1.29 is 20.9 Å². The Labute approximate surface area is 290 Å². The summed E-state index contributed by atoms with van der Waals surface area (Å²) in [5.74, 6) is -0.138. The van der Waals surface area contributed by atoms with E-state index in [-0.39, 0.29) is 72.8 Å². The van der Waals surface area contributed by atoms with Gasteiger partial charge in [-0.1, -0.05) is 164 Å². The fraction of sp³-hybridized carbons (Fsp3) is 0. The molecule has 0 unspecified atom stereocenters. The highest BCUT2D eigenvalue weighted by Gasteiger charge is 2.24. The molecule has 0 bridgehead atoms. The van der Waals surface area contributed by atoms with Crippen molar-refractivity contribution in [3.63, 3.8) is 0 Å². The molecule has 1 heterocycles. The zero-order valence-electron chi connectivity index (χ0n) is 36.8. The van der Waals surface area contributed by atoms with Crippen molar-refractivity contribution in [3.8, 4) is 55.8 Å². The molecule has 0 N–H and O–H groups in total. The molecule has 1 aromatic heterocycles. The van der Waals surface area contributed by atoms with Crippen molar-refractivity contribution in [2.24, 2.45) is 0 Å². The van der Waals surface area contributed by atoms with Crippen LogP contribution < -0.4 is 0 Å². The van der Waals surface area contributed by atoms with E-state index in [1.54, 1.807) is 72.8 Å². The monoisotopic (exact) mass is 610 g/mol. The van der Waals surface area contributed by atoms with Gasteiger partial charge in [0.2, 0.25) is 0 Å². The van der Waals surface area contributed by atoms with Crippen LogP contribution in [0.25, 0.3) is 88.3 Å². The maximum atomic E-state index is 9.63. The molecule has 0 saturated heterocycles. The molecular formula is C46H30O. The molecule has 9 rings (SSSR count). The highest BCUT2D eigenvalue weighted by Crippen LogP contribution is 2.50. The van der Waals surface area contributed by atoms with Crippen LogP contribution in [0.4, 0.5) is 0 Å². The van der Waals surface area contributed by atoms with E-state index >= 15 is 0 Å². The Kier molecular flexibility index (Phi) is 4.21. The maximum absolute atomic E-state index is 9.63. The van der Waals surface area contributed by atoms with Crippen molar-refractivity contribution in [1.29, 1.82) is 0 Å². The molecule has 0 saturated carbocycles. The van der Waals surface area contributed by atoms with E-state index in [0.29, 0.717) is 16.5 Å². The highest BCUT2D eigenvalue weighted by atomic mass is 16.3. The SMILES string of the molecule is [2H]c1c([2H])c(-c2ccccc2)c([2H])c(-c2oc3ccc(-c4ccccc4)cc3c2-c2c3c([2H])c([2H])c([2H])c([2H])c3c(-c3ccccc3)c3c([2H])c([2H])c([2H])c([2H])c23)c1[2H]. The van der Waals surface area contributed by atoms with Crippen LogP contribution in [0.1, 0.15) is 16.4 Å². The second-order valence-corrected chi connectivity index (χ2v) is 11.1. The number of hydrogen-bond donors (Lipinski definition) is 0. The predicted molar refractivity (Wildman–Crippen MR) is 198 cm³/mol. The summed E-state index contributed by atoms with van der Waals surface area (Å²) in [5.41, 5.74) is 2.83. The first-order valence-electron chi connectivity index (χ1n) is 21.1. The molecule has 0 aliphatic carbocycles. The van der Waals surface area contributed by atoms with Gasteiger partial charge < -0.3 is 4.42 Å². The van der Waals surface area contributed by atoms with E-state index in [0.717, 1.165) is 11.1 Å². The standard InChI is InChI=1S/C46H30O/c1-4-15-31(16-5-1)34-21-14-22-36(29-34)46-45(41-30-35(27-28-42(41)47-46)32-17-6-2-7-18-32)44-39-25-12-10-23-37(39)43(33-19-8-3-9-20-33)38-24-11-13-26-40(38)44/h1-30H/i10D,11D,12D,13D,14D,21D,22D,23D,24D,25D,26D,29D. The van der Waals surface area contributed by atoms with Crippen LogP contribution in [-0.4, -0.2) is 0 Å². The summed E-state index contributed by atoms with van der Waals surface area (Å²) in [5, 5.41) is 0.230. The average molecular weight is 611 g/mol. The summed E-state index contributed by atoms with van der Waals surface area (Å²) in [4.78, 5) is 0. The molecule has 9 aromatic rings. The molecule has 0 radical (unpaired) electrons. The van der Waals surface area contributed by atoms with Gasteiger partial charge in [0.1, 0.15) is 11.3 Å². The summed E-state index contributed by atoms with van der Waals surface area (Å²) in [7, 11) is 0. The van der Waals surface area contributed by atoms with Crippen LogP contribution in [0, 0.1) is 0 Å². The number of fused-ring (bicyclic) bond motifs is 3. The van der Waals surface area contributed by atoms with Gasteiger partial charge >= 0.3 is 0 Å². The Morgan fingerprint density at radius 1 is 0.362 bits per heavy atom. The lowest BCUT2D eigenvalue weighted by atomic mass is 9.84. The normalized spacial score (nSPS) is 15.0. The second kappa shape index (κ2) is 11.3. The van der Waals surface area contributed by atoms with Crippen LogP contribution >= 0.6 is 0 Å². The van der Waals surface area contributed by atoms with Crippen LogP contribution in [0.5, 0.6) is 0 Å². The number of furan rings is 1. The number of hydrogen-bond acceptors (Lipinski definition) is 1. The average Bonchev–Trinajstić information content (AvgIpc) is 3.63. The minimum Gasteiger partial charge on any atom is -0.455 e. The quantitative estimate of drug-likeness (QED) is 0.177. The molecule has 0 atom stereocenters. The molecule has 220 valence electrons. The van der Waals surface area contributed by atoms with Crippen LogP contribution in [-0.2, 0) is 0 Å². The molecule has 1 nitrogen and oxygen atoms in total. The summed E-state index contributed by atoms with van der Waals surface area (Å²) >= 11 is 0. The maximum Gasteiger partial charge on any atom is 0.143 e. The Morgan fingerprint density at radius 2 is 0.872 bits per heavy atom. The lowest BCUT2D eigenvalue weighted by molar-refractivity contribution is 0.632. The van der Waals surface area contributed by atoms with Gasteiger partial charge in [-0.05, 0) is 73.1 Å². The first-order chi connectivity index (χ1) is 28.3. The molecule has 0 aliphatic rings. The molecular weight excluding hydrogens is 569 g/mol. The van der Waals surface area contributed by atoms with E-state index in [2.05, 4.69) is 0 Å². The van der Waals surface area contributed by atoms with Crippen molar-refractivity contribution in [3.05, 3.63) is 182 Å². The van der Waals surface area contributed by atoms with Gasteiger partial charge in [-0.25, -0.2) is 0 Å². The minimum absolute atomic E-state index is 0.000834. The van der Waals surface area contributed by atoms with E-state index in [1.165, 1.54) is 0 Å². The zero-order chi connectivity index (χ0) is 41.6. The Balaban J connectivity index is 1.60. The molecule has 0 aliphatic heterocycles. The highest BCUT2D eigenvalue weighted by molar-refractivity contribution is 6.25. The smallest absolute Gasteiger partial charge is 0.143 e. The van der Waals surface area contributed by atoms with Gasteiger partial charge in [-0.2, -0.15) is 0 Å². The van der Waals surface area contributed by atoms with Crippen LogP contribution in [0.2, 0.25) is 0 Å². The first kappa shape index (κ1) is 17.5. The lowest BCUT2D eigenvalue weighted by Crippen LogP contribution is -1.91. The zero-order valence-corrected chi connectivity index (χ0v) is 24.8. The van der Waals surface area contributed by atoms with Crippen molar-refractivity contribution >= 4 is 32.5 Å². The van der Waals surface area contributed by atoms with E-state index in [9.17, 15) is 8.22 Å². The molecule has 8 aromatic carbocycles. The van der Waals surface area contributed by atoms with Crippen LogP contribution in [0.3, 0.4) is 0 Å². The molecule has 0 fully saturated rings. The Bertz CT molecular complexity index is 3140. The van der Waals surface area contributed by atoms with Gasteiger partial charge in [0.05, 0.1) is 16.4 Å². The fourth-order valence-corrected chi connectivity index (χ4v) is 6.31. The first-order valence-corrected chi connectivity index (χ1v) is 15.1. The van der Waals surface area contributed by atoms with Crippen LogP contribution in [0.15, 0.2) is 186 Å². The summed E-state index contributed by atoms with van der Waals surface area (Å²) < 4.78 is 117. The van der Waals surface area contributed by atoms with E-state index in [1.807, 2.05) is 36.4 Å². The second-order valence-electron chi connectivity index (χ2n) is 11.1. The topological polar surface area (TPSA) is 13.1 Å². The molecule has 1 heteroatoms. The van der Waals surface area contributed by atoms with E-state index < -0.39 is 60.4 Å². The van der Waals surface area contributed by atoms with Gasteiger partial charge in [-0.15, -0.1) is 0 Å². The third-order valence-corrected chi connectivity index (χ3v) is 8.40. The van der Waals surface area contributed by atoms with Gasteiger partial charge in [0, 0.05) is 22.1 Å². The number of benzene rings is 8. The van der Waals surface area contributed by atoms with Crippen molar-refractivity contribution in [1.82, 2.24) is 0 Å². The van der Waals surface area contributed by atoms with E-state index in [4.69, 9.17) is 12.6 Å². The van der Waals surface area contributed by atoms with Gasteiger partial charge in [0.25, 0.3) is 0 Å². The van der Waals surface area contributed by atoms with Gasteiger partial charge in [-0.3, -0.25) is 0 Å². The Hall–Kier alpha value is -6.18. The fourth-order valence-electron chi connectivity index (χ4n) is 6.31. The van der Waals surface area contributed by atoms with Crippen molar-refractivity contribution in [2.75, 3.05) is 0 Å². The molecule has 0 amide bonds. The Morgan fingerprint density at radius 3 is 1.47 bits per heavy atom. The largest absolute Gasteiger partial charge is 0.455 e. The predicted octanol–water partition coefficient (Wildman–Crippen LogP) is 13.1. The molecule has 0 spiro atoms. The summed E-state index contributed by atoms with van der Waals surface area (Å²) in [6, 6.07) is 26.3. The molecule has 47 heavy (non-hydrogen) atoms. The minimum atomic E-state index is -0.581. The van der Waals surface area contributed by atoms with Crippen molar-refractivity contribution in [2.45, 2.75) is 0 Å². The lowest BCUT2D eigenvalue weighted by Gasteiger charge is -2.18. The third kappa shape index (κ3) is 4.64. The third-order valence-electron chi connectivity index (χ3n) is 8.40. The number of rotatable bonds is 5. The summed E-state index contributed by atoms with van der Waals surface area (Å²) in [6.45, 7) is 0. The summed E-state index contributed by atoms with van der Waals surface area (Å²) in [6.07, 6.45) is 0.